The Balaban J connectivity index is 1.54. The van der Waals surface area contributed by atoms with Crippen molar-refractivity contribution in [2.24, 2.45) is 0 Å². The SMILES string of the molecule is Cc1nnc(C(O)c2cccc(-c3cccc(OCc4ccccc4)c3)c2)o1. The van der Waals surface area contributed by atoms with Gasteiger partial charge in [-0.2, -0.15) is 0 Å². The van der Waals surface area contributed by atoms with Crippen LogP contribution >= 0.6 is 0 Å². The van der Waals surface area contributed by atoms with Crippen molar-refractivity contribution in [3.8, 4) is 16.9 Å². The second kappa shape index (κ2) is 8.06. The van der Waals surface area contributed by atoms with E-state index in [1.54, 1.807) is 6.92 Å². The second-order valence-electron chi connectivity index (χ2n) is 6.49. The highest BCUT2D eigenvalue weighted by Crippen LogP contribution is 2.28. The van der Waals surface area contributed by atoms with Crippen LogP contribution in [0.25, 0.3) is 11.1 Å². The van der Waals surface area contributed by atoms with E-state index in [1.165, 1.54) is 0 Å². The highest BCUT2D eigenvalue weighted by molar-refractivity contribution is 5.66. The van der Waals surface area contributed by atoms with Crippen molar-refractivity contribution in [1.82, 2.24) is 10.2 Å². The quantitative estimate of drug-likeness (QED) is 0.531. The predicted octanol–water partition coefficient (Wildman–Crippen LogP) is 4.71. The number of benzene rings is 3. The lowest BCUT2D eigenvalue weighted by atomic mass is 10.0. The third kappa shape index (κ3) is 4.10. The summed E-state index contributed by atoms with van der Waals surface area (Å²) in [6.07, 6.45) is -0.960. The summed E-state index contributed by atoms with van der Waals surface area (Å²) in [5.74, 6) is 1.41. The van der Waals surface area contributed by atoms with Crippen LogP contribution in [0.1, 0.15) is 29.0 Å². The minimum Gasteiger partial charge on any atom is -0.489 e. The van der Waals surface area contributed by atoms with E-state index in [-0.39, 0.29) is 5.89 Å². The van der Waals surface area contributed by atoms with Crippen LogP contribution in [-0.4, -0.2) is 15.3 Å². The zero-order chi connectivity index (χ0) is 19.3. The summed E-state index contributed by atoms with van der Waals surface area (Å²) in [5.41, 5.74) is 3.78. The highest BCUT2D eigenvalue weighted by atomic mass is 16.5. The van der Waals surface area contributed by atoms with Crippen LogP contribution in [-0.2, 0) is 6.61 Å². The number of aromatic nitrogens is 2. The fourth-order valence-electron chi connectivity index (χ4n) is 2.96. The largest absolute Gasteiger partial charge is 0.489 e. The van der Waals surface area contributed by atoms with E-state index < -0.39 is 6.10 Å². The standard InChI is InChI=1S/C23H20N2O3/c1-16-24-25-23(28-16)22(26)20-11-5-9-18(13-20)19-10-6-12-21(14-19)27-15-17-7-3-2-4-8-17/h2-14,22,26H,15H2,1H3. The first-order chi connectivity index (χ1) is 13.7. The molecule has 0 fully saturated rings. The van der Waals surface area contributed by atoms with Gasteiger partial charge in [0.05, 0.1) is 0 Å². The number of nitrogens with zero attached hydrogens (tertiary/aromatic N) is 2. The molecule has 140 valence electrons. The van der Waals surface area contributed by atoms with Crippen molar-refractivity contribution in [2.45, 2.75) is 19.6 Å². The van der Waals surface area contributed by atoms with Gasteiger partial charge in [0.2, 0.25) is 11.8 Å². The van der Waals surface area contributed by atoms with Gasteiger partial charge in [0.1, 0.15) is 12.4 Å². The van der Waals surface area contributed by atoms with Crippen LogP contribution in [0.15, 0.2) is 83.3 Å². The molecule has 28 heavy (non-hydrogen) atoms. The summed E-state index contributed by atoms with van der Waals surface area (Å²) in [4.78, 5) is 0. The van der Waals surface area contributed by atoms with E-state index in [9.17, 15) is 5.11 Å². The molecule has 4 aromatic rings. The third-order valence-corrected chi connectivity index (χ3v) is 4.39. The monoisotopic (exact) mass is 372 g/mol. The molecule has 0 saturated heterocycles. The zero-order valence-electron chi connectivity index (χ0n) is 15.4. The minimum atomic E-state index is -0.960. The molecule has 1 atom stereocenters. The van der Waals surface area contributed by atoms with Crippen molar-refractivity contribution in [2.75, 3.05) is 0 Å². The Hall–Kier alpha value is -3.44. The number of hydrogen-bond acceptors (Lipinski definition) is 5. The van der Waals surface area contributed by atoms with Gasteiger partial charge in [-0.1, -0.05) is 60.7 Å². The molecule has 0 spiro atoms. The first-order valence-electron chi connectivity index (χ1n) is 9.04. The topological polar surface area (TPSA) is 68.4 Å². The van der Waals surface area contributed by atoms with Crippen LogP contribution in [0.3, 0.4) is 0 Å². The second-order valence-corrected chi connectivity index (χ2v) is 6.49. The van der Waals surface area contributed by atoms with Crippen molar-refractivity contribution >= 4 is 0 Å². The van der Waals surface area contributed by atoms with Crippen molar-refractivity contribution < 1.29 is 14.3 Å². The Morgan fingerprint density at radius 3 is 2.39 bits per heavy atom. The number of rotatable bonds is 6. The van der Waals surface area contributed by atoms with Crippen molar-refractivity contribution in [3.63, 3.8) is 0 Å². The molecule has 1 aromatic heterocycles. The molecular weight excluding hydrogens is 352 g/mol. The fourth-order valence-corrected chi connectivity index (χ4v) is 2.96. The normalized spacial score (nSPS) is 11.9. The fraction of sp³-hybridized carbons (Fsp3) is 0.130. The van der Waals surface area contributed by atoms with Gasteiger partial charge in [-0.25, -0.2) is 0 Å². The number of ether oxygens (including phenoxy) is 1. The first kappa shape index (κ1) is 17.9. The molecule has 0 aliphatic carbocycles. The molecular formula is C23H20N2O3. The number of aryl methyl sites for hydroxylation is 1. The Morgan fingerprint density at radius 1 is 0.893 bits per heavy atom. The van der Waals surface area contributed by atoms with Crippen molar-refractivity contribution in [1.29, 1.82) is 0 Å². The van der Waals surface area contributed by atoms with E-state index >= 15 is 0 Å². The molecule has 5 nitrogen and oxygen atoms in total. The maximum Gasteiger partial charge on any atom is 0.249 e. The number of aliphatic hydroxyl groups is 1. The summed E-state index contributed by atoms with van der Waals surface area (Å²) < 4.78 is 11.3. The van der Waals surface area contributed by atoms with Crippen LogP contribution in [0.2, 0.25) is 0 Å². The summed E-state index contributed by atoms with van der Waals surface area (Å²) in [6.45, 7) is 2.21. The molecule has 0 aliphatic heterocycles. The Labute approximate surface area is 163 Å². The molecule has 1 N–H and O–H groups in total. The molecule has 0 aliphatic rings. The maximum atomic E-state index is 10.5. The van der Waals surface area contributed by atoms with E-state index in [0.717, 1.165) is 22.4 Å². The van der Waals surface area contributed by atoms with E-state index in [1.807, 2.05) is 78.9 Å². The maximum absolute atomic E-state index is 10.5. The lowest BCUT2D eigenvalue weighted by Gasteiger charge is -2.11. The number of aliphatic hydroxyl groups excluding tert-OH is 1. The van der Waals surface area contributed by atoms with Gasteiger partial charge in [-0.3, -0.25) is 0 Å². The summed E-state index contributed by atoms with van der Waals surface area (Å²) in [6, 6.07) is 25.6. The van der Waals surface area contributed by atoms with Gasteiger partial charge in [-0.05, 0) is 40.5 Å². The van der Waals surface area contributed by atoms with E-state index in [0.29, 0.717) is 18.1 Å². The molecule has 4 rings (SSSR count). The highest BCUT2D eigenvalue weighted by Gasteiger charge is 2.17. The average molecular weight is 372 g/mol. The lowest BCUT2D eigenvalue weighted by molar-refractivity contribution is 0.181. The molecule has 1 heterocycles. The summed E-state index contributed by atoms with van der Waals surface area (Å²) in [7, 11) is 0. The van der Waals surface area contributed by atoms with Crippen LogP contribution in [0.5, 0.6) is 5.75 Å². The van der Waals surface area contributed by atoms with Gasteiger partial charge in [-0.15, -0.1) is 10.2 Å². The smallest absolute Gasteiger partial charge is 0.249 e. The third-order valence-electron chi connectivity index (χ3n) is 4.39. The predicted molar refractivity (Wildman–Crippen MR) is 106 cm³/mol. The van der Waals surface area contributed by atoms with Gasteiger partial charge < -0.3 is 14.3 Å². The molecule has 0 radical (unpaired) electrons. The molecule has 3 aromatic carbocycles. The van der Waals surface area contributed by atoms with Gasteiger partial charge >= 0.3 is 0 Å². The lowest BCUT2D eigenvalue weighted by Crippen LogP contribution is -2.00. The van der Waals surface area contributed by atoms with Gasteiger partial charge in [0, 0.05) is 6.92 Å². The summed E-state index contributed by atoms with van der Waals surface area (Å²) >= 11 is 0. The van der Waals surface area contributed by atoms with Crippen LogP contribution in [0.4, 0.5) is 0 Å². The zero-order valence-corrected chi connectivity index (χ0v) is 15.4. The molecule has 0 saturated carbocycles. The number of hydrogen-bond donors (Lipinski definition) is 1. The van der Waals surface area contributed by atoms with Gasteiger partial charge in [0.15, 0.2) is 6.10 Å². The Bertz CT molecular complexity index is 1060. The molecule has 0 bridgehead atoms. The van der Waals surface area contributed by atoms with Gasteiger partial charge in [0.25, 0.3) is 0 Å². The molecule has 5 heteroatoms. The molecule has 0 amide bonds. The average Bonchev–Trinajstić information content (AvgIpc) is 3.19. The first-order valence-corrected chi connectivity index (χ1v) is 9.04. The van der Waals surface area contributed by atoms with E-state index in [2.05, 4.69) is 10.2 Å². The van der Waals surface area contributed by atoms with E-state index in [4.69, 9.17) is 9.15 Å². The molecule has 1 unspecified atom stereocenters. The Kier molecular flexibility index (Phi) is 5.17. The van der Waals surface area contributed by atoms with Crippen molar-refractivity contribution in [3.05, 3.63) is 102 Å². The minimum absolute atomic E-state index is 0.189. The van der Waals surface area contributed by atoms with Crippen LogP contribution < -0.4 is 4.74 Å². The van der Waals surface area contributed by atoms with Crippen LogP contribution in [0, 0.1) is 6.92 Å². The Morgan fingerprint density at radius 2 is 1.64 bits per heavy atom. The summed E-state index contributed by atoms with van der Waals surface area (Å²) in [5, 5.41) is 18.2.